The molecule has 0 atom stereocenters. The SMILES string of the molecule is CNCc1ccc(-c2c(Cl)cc(F)cc2Br)s1. The standard InChI is InChI=1S/C12H10BrClFNS/c1-16-6-8-2-3-11(17-8)12-9(13)4-7(15)5-10(12)14/h2-5,16H,6H2,1H3. The van der Waals surface area contributed by atoms with Gasteiger partial charge >= 0.3 is 0 Å². The van der Waals surface area contributed by atoms with Gasteiger partial charge in [0.25, 0.3) is 0 Å². The Labute approximate surface area is 117 Å². The Morgan fingerprint density at radius 2 is 2.18 bits per heavy atom. The minimum atomic E-state index is -0.336. The lowest BCUT2D eigenvalue weighted by Crippen LogP contribution is -2.02. The Morgan fingerprint density at radius 3 is 2.82 bits per heavy atom. The molecule has 0 spiro atoms. The van der Waals surface area contributed by atoms with Crippen molar-refractivity contribution in [2.24, 2.45) is 0 Å². The van der Waals surface area contributed by atoms with Gasteiger partial charge in [0, 0.05) is 26.3 Å². The van der Waals surface area contributed by atoms with Crippen molar-refractivity contribution in [3.8, 4) is 10.4 Å². The van der Waals surface area contributed by atoms with Gasteiger partial charge in [-0.1, -0.05) is 11.6 Å². The van der Waals surface area contributed by atoms with Gasteiger partial charge in [0.1, 0.15) is 5.82 Å². The van der Waals surface area contributed by atoms with E-state index in [4.69, 9.17) is 11.6 Å². The molecule has 1 nitrogen and oxygen atoms in total. The zero-order valence-electron chi connectivity index (χ0n) is 9.06. The Bertz CT molecular complexity index is 518. The van der Waals surface area contributed by atoms with Gasteiger partial charge in [-0.15, -0.1) is 11.3 Å². The summed E-state index contributed by atoms with van der Waals surface area (Å²) in [7, 11) is 1.90. The normalized spacial score (nSPS) is 10.8. The molecule has 0 aliphatic rings. The van der Waals surface area contributed by atoms with Gasteiger partial charge in [-0.2, -0.15) is 0 Å². The molecule has 0 aliphatic carbocycles. The largest absolute Gasteiger partial charge is 0.315 e. The van der Waals surface area contributed by atoms with Gasteiger partial charge in [-0.3, -0.25) is 0 Å². The highest BCUT2D eigenvalue weighted by Gasteiger charge is 2.12. The zero-order chi connectivity index (χ0) is 12.4. The number of nitrogens with one attached hydrogen (secondary N) is 1. The van der Waals surface area contributed by atoms with Crippen LogP contribution in [0.4, 0.5) is 4.39 Å². The number of benzene rings is 1. The molecule has 2 rings (SSSR count). The van der Waals surface area contributed by atoms with Crippen LogP contribution >= 0.6 is 38.9 Å². The van der Waals surface area contributed by atoms with Crippen LogP contribution < -0.4 is 5.32 Å². The first kappa shape index (κ1) is 13.0. The van der Waals surface area contributed by atoms with Gasteiger partial charge in [-0.25, -0.2) is 4.39 Å². The Hall–Kier alpha value is -0.420. The smallest absolute Gasteiger partial charge is 0.125 e. The summed E-state index contributed by atoms with van der Waals surface area (Å²) < 4.78 is 13.8. The van der Waals surface area contributed by atoms with Crippen LogP contribution in [-0.2, 0) is 6.54 Å². The molecule has 1 aromatic carbocycles. The van der Waals surface area contributed by atoms with Gasteiger partial charge in [0.05, 0.1) is 5.02 Å². The molecule has 17 heavy (non-hydrogen) atoms. The van der Waals surface area contributed by atoms with Gasteiger partial charge in [0.2, 0.25) is 0 Å². The van der Waals surface area contributed by atoms with E-state index in [1.165, 1.54) is 17.0 Å². The van der Waals surface area contributed by atoms with Crippen LogP contribution in [-0.4, -0.2) is 7.05 Å². The lowest BCUT2D eigenvalue weighted by molar-refractivity contribution is 0.627. The second-order valence-electron chi connectivity index (χ2n) is 3.54. The second-order valence-corrected chi connectivity index (χ2v) is 5.97. The maximum Gasteiger partial charge on any atom is 0.125 e. The molecule has 0 bridgehead atoms. The number of hydrogen-bond donors (Lipinski definition) is 1. The predicted molar refractivity (Wildman–Crippen MR) is 75.2 cm³/mol. The minimum absolute atomic E-state index is 0.336. The molecule has 90 valence electrons. The number of rotatable bonds is 3. The van der Waals surface area contributed by atoms with E-state index < -0.39 is 0 Å². The van der Waals surface area contributed by atoms with Crippen molar-refractivity contribution in [3.63, 3.8) is 0 Å². The first-order valence-electron chi connectivity index (χ1n) is 5.00. The Kier molecular flexibility index (Phi) is 4.20. The number of hydrogen-bond acceptors (Lipinski definition) is 2. The summed E-state index contributed by atoms with van der Waals surface area (Å²) in [6.45, 7) is 0.821. The highest BCUT2D eigenvalue weighted by Crippen LogP contribution is 2.39. The molecule has 0 saturated carbocycles. The topological polar surface area (TPSA) is 12.0 Å². The van der Waals surface area contributed by atoms with Crippen LogP contribution in [0, 0.1) is 5.82 Å². The van der Waals surface area contributed by atoms with E-state index in [1.54, 1.807) is 11.3 Å². The highest BCUT2D eigenvalue weighted by molar-refractivity contribution is 9.10. The van der Waals surface area contributed by atoms with E-state index in [2.05, 4.69) is 21.2 Å². The van der Waals surface area contributed by atoms with Crippen molar-refractivity contribution < 1.29 is 4.39 Å². The fourth-order valence-electron chi connectivity index (χ4n) is 1.56. The molecular formula is C12H10BrClFNS. The van der Waals surface area contributed by atoms with Crippen molar-refractivity contribution in [1.82, 2.24) is 5.32 Å². The monoisotopic (exact) mass is 333 g/mol. The summed E-state index contributed by atoms with van der Waals surface area (Å²) in [5.74, 6) is -0.336. The molecule has 0 aliphatic heterocycles. The molecule has 0 fully saturated rings. The van der Waals surface area contributed by atoms with E-state index in [9.17, 15) is 4.39 Å². The van der Waals surface area contributed by atoms with Crippen molar-refractivity contribution in [2.75, 3.05) is 7.05 Å². The third-order valence-corrected chi connectivity index (χ3v) is 4.29. The fraction of sp³-hybridized carbons (Fsp3) is 0.167. The summed E-state index contributed by atoms with van der Waals surface area (Å²) in [5.41, 5.74) is 0.848. The summed E-state index contributed by atoms with van der Waals surface area (Å²) in [6, 6.07) is 6.81. The lowest BCUT2D eigenvalue weighted by Gasteiger charge is -2.05. The second kappa shape index (κ2) is 5.48. The van der Waals surface area contributed by atoms with E-state index in [0.29, 0.717) is 9.50 Å². The lowest BCUT2D eigenvalue weighted by atomic mass is 10.2. The summed E-state index contributed by atoms with van der Waals surface area (Å²) in [4.78, 5) is 2.25. The number of halogens is 3. The average Bonchev–Trinajstić information content (AvgIpc) is 2.65. The van der Waals surface area contributed by atoms with E-state index in [1.807, 2.05) is 19.2 Å². The van der Waals surface area contributed by atoms with Gasteiger partial charge in [-0.05, 0) is 47.2 Å². The maximum absolute atomic E-state index is 13.1. The van der Waals surface area contributed by atoms with Gasteiger partial charge < -0.3 is 5.32 Å². The zero-order valence-corrected chi connectivity index (χ0v) is 12.2. The molecule has 1 aromatic heterocycles. The van der Waals surface area contributed by atoms with E-state index >= 15 is 0 Å². The first-order valence-corrected chi connectivity index (χ1v) is 6.99. The maximum atomic E-state index is 13.1. The molecule has 2 aromatic rings. The first-order chi connectivity index (χ1) is 8.11. The number of thiophene rings is 1. The Balaban J connectivity index is 2.45. The van der Waals surface area contributed by atoms with Crippen LogP contribution in [0.1, 0.15) is 4.88 Å². The summed E-state index contributed by atoms with van der Waals surface area (Å²) in [6.07, 6.45) is 0. The molecular weight excluding hydrogens is 325 g/mol. The molecule has 0 radical (unpaired) electrons. The van der Waals surface area contributed by atoms with Crippen LogP contribution in [0.5, 0.6) is 0 Å². The van der Waals surface area contributed by atoms with Crippen LogP contribution in [0.2, 0.25) is 5.02 Å². The van der Waals surface area contributed by atoms with Crippen molar-refractivity contribution in [3.05, 3.63) is 44.5 Å². The minimum Gasteiger partial charge on any atom is -0.315 e. The molecule has 1 N–H and O–H groups in total. The molecule has 0 saturated heterocycles. The molecule has 0 unspecified atom stereocenters. The average molecular weight is 335 g/mol. The van der Waals surface area contributed by atoms with Crippen molar-refractivity contribution in [2.45, 2.75) is 6.54 Å². The van der Waals surface area contributed by atoms with E-state index in [-0.39, 0.29) is 5.82 Å². The molecule has 5 heteroatoms. The Morgan fingerprint density at radius 1 is 1.41 bits per heavy atom. The van der Waals surface area contributed by atoms with Crippen molar-refractivity contribution in [1.29, 1.82) is 0 Å². The van der Waals surface area contributed by atoms with Crippen LogP contribution in [0.15, 0.2) is 28.7 Å². The van der Waals surface area contributed by atoms with Gasteiger partial charge in [0.15, 0.2) is 0 Å². The predicted octanol–water partition coefficient (Wildman–Crippen LogP) is 4.69. The quantitative estimate of drug-likeness (QED) is 0.858. The molecule has 1 heterocycles. The highest BCUT2D eigenvalue weighted by atomic mass is 79.9. The van der Waals surface area contributed by atoms with E-state index in [0.717, 1.165) is 17.0 Å². The van der Waals surface area contributed by atoms with Crippen LogP contribution in [0.25, 0.3) is 10.4 Å². The van der Waals surface area contributed by atoms with Crippen LogP contribution in [0.3, 0.4) is 0 Å². The third kappa shape index (κ3) is 2.88. The summed E-state index contributed by atoms with van der Waals surface area (Å²) >= 11 is 11.1. The fourth-order valence-corrected chi connectivity index (χ4v) is 3.91. The van der Waals surface area contributed by atoms with Crippen molar-refractivity contribution >= 4 is 38.9 Å². The third-order valence-electron chi connectivity index (χ3n) is 2.27. The summed E-state index contributed by atoms with van der Waals surface area (Å²) in [5, 5.41) is 3.52. The molecule has 0 amide bonds.